The van der Waals surface area contributed by atoms with Crippen LogP contribution in [-0.4, -0.2) is 27.1 Å². The zero-order valence-electron chi connectivity index (χ0n) is 11.9. The first-order valence-corrected chi connectivity index (χ1v) is 7.44. The summed E-state index contributed by atoms with van der Waals surface area (Å²) in [5.74, 6) is 0. The molecule has 0 radical (unpaired) electrons. The highest BCUT2D eigenvalue weighted by atomic mass is 35.5. The zero-order valence-corrected chi connectivity index (χ0v) is 12.7. The van der Waals surface area contributed by atoms with Crippen molar-refractivity contribution in [3.05, 3.63) is 16.9 Å². The number of halogens is 1. The van der Waals surface area contributed by atoms with E-state index in [9.17, 15) is 5.11 Å². The molecular formula is C14H23ClN2O2. The molecule has 1 atom stereocenters. The Morgan fingerprint density at radius 2 is 2.11 bits per heavy atom. The van der Waals surface area contributed by atoms with Crippen molar-refractivity contribution < 1.29 is 9.84 Å². The Bertz CT molecular complexity index is 425. The van der Waals surface area contributed by atoms with Gasteiger partial charge in [0.2, 0.25) is 0 Å². The fraction of sp³-hybridized carbons (Fsp3) is 0.786. The summed E-state index contributed by atoms with van der Waals surface area (Å²) < 4.78 is 7.71. The van der Waals surface area contributed by atoms with E-state index in [1.807, 2.05) is 20.8 Å². The number of hydrogen-bond acceptors (Lipinski definition) is 3. The van der Waals surface area contributed by atoms with E-state index >= 15 is 0 Å². The van der Waals surface area contributed by atoms with Crippen molar-refractivity contribution in [2.24, 2.45) is 0 Å². The van der Waals surface area contributed by atoms with Crippen LogP contribution in [0.2, 0.25) is 5.02 Å². The predicted octanol–water partition coefficient (Wildman–Crippen LogP) is 3.50. The van der Waals surface area contributed by atoms with Crippen LogP contribution >= 0.6 is 11.6 Å². The lowest BCUT2D eigenvalue weighted by Crippen LogP contribution is -2.38. The van der Waals surface area contributed by atoms with Gasteiger partial charge in [-0.05, 0) is 33.6 Å². The van der Waals surface area contributed by atoms with Crippen LogP contribution in [-0.2, 0) is 4.74 Å². The number of nitrogens with zero attached hydrogens (tertiary/aromatic N) is 2. The van der Waals surface area contributed by atoms with Gasteiger partial charge < -0.3 is 9.84 Å². The molecule has 2 rings (SSSR count). The van der Waals surface area contributed by atoms with E-state index in [0.717, 1.165) is 25.7 Å². The van der Waals surface area contributed by atoms with Gasteiger partial charge in [-0.15, -0.1) is 0 Å². The molecule has 1 aliphatic rings. The van der Waals surface area contributed by atoms with Crippen LogP contribution in [0.15, 0.2) is 6.20 Å². The molecule has 1 saturated carbocycles. The first kappa shape index (κ1) is 14.8. The fourth-order valence-corrected chi connectivity index (χ4v) is 3.26. The largest absolute Gasteiger partial charge is 0.384 e. The minimum Gasteiger partial charge on any atom is -0.384 e. The molecule has 1 unspecified atom stereocenters. The highest BCUT2D eigenvalue weighted by molar-refractivity contribution is 6.31. The van der Waals surface area contributed by atoms with Gasteiger partial charge in [0, 0.05) is 12.6 Å². The number of ether oxygens (including phenoxy) is 1. The van der Waals surface area contributed by atoms with Crippen LogP contribution in [0.25, 0.3) is 0 Å². The maximum Gasteiger partial charge on any atom is 0.126 e. The number of aliphatic hydroxyl groups excluding tert-OH is 1. The SMILES string of the molecule is CCOC1(C(O)c2c(Cl)cnn2C(C)C)CCCC1. The van der Waals surface area contributed by atoms with E-state index in [-0.39, 0.29) is 6.04 Å². The summed E-state index contributed by atoms with van der Waals surface area (Å²) in [6.07, 6.45) is 4.82. The third-order valence-corrected chi connectivity index (χ3v) is 4.21. The van der Waals surface area contributed by atoms with Gasteiger partial charge >= 0.3 is 0 Å². The Morgan fingerprint density at radius 1 is 1.47 bits per heavy atom. The van der Waals surface area contributed by atoms with Gasteiger partial charge in [-0.25, -0.2) is 0 Å². The van der Waals surface area contributed by atoms with Crippen LogP contribution < -0.4 is 0 Å². The van der Waals surface area contributed by atoms with Crippen molar-refractivity contribution in [2.75, 3.05) is 6.61 Å². The Morgan fingerprint density at radius 3 is 2.63 bits per heavy atom. The van der Waals surface area contributed by atoms with Gasteiger partial charge in [-0.2, -0.15) is 5.10 Å². The Labute approximate surface area is 119 Å². The van der Waals surface area contributed by atoms with E-state index in [4.69, 9.17) is 16.3 Å². The van der Waals surface area contributed by atoms with Gasteiger partial charge in [0.05, 0.1) is 22.5 Å². The van der Waals surface area contributed by atoms with Crippen molar-refractivity contribution in [3.63, 3.8) is 0 Å². The normalized spacial score (nSPS) is 20.1. The molecule has 0 aromatic carbocycles. The summed E-state index contributed by atoms with van der Waals surface area (Å²) in [6, 6.07) is 0.164. The lowest BCUT2D eigenvalue weighted by molar-refractivity contribution is -0.121. The maximum absolute atomic E-state index is 10.8. The maximum atomic E-state index is 10.8. The van der Waals surface area contributed by atoms with Gasteiger partial charge in [-0.1, -0.05) is 24.4 Å². The van der Waals surface area contributed by atoms with Crippen molar-refractivity contribution in [1.82, 2.24) is 9.78 Å². The molecule has 0 aliphatic heterocycles. The fourth-order valence-electron chi connectivity index (χ4n) is 3.02. The summed E-state index contributed by atoms with van der Waals surface area (Å²) in [6.45, 7) is 6.63. The molecule has 1 N–H and O–H groups in total. The van der Waals surface area contributed by atoms with E-state index < -0.39 is 11.7 Å². The first-order valence-electron chi connectivity index (χ1n) is 7.06. The highest BCUT2D eigenvalue weighted by Crippen LogP contribution is 2.44. The molecule has 108 valence electrons. The summed E-state index contributed by atoms with van der Waals surface area (Å²) >= 11 is 6.23. The quantitative estimate of drug-likeness (QED) is 0.901. The summed E-state index contributed by atoms with van der Waals surface area (Å²) in [4.78, 5) is 0. The van der Waals surface area contributed by atoms with Crippen LogP contribution in [0, 0.1) is 0 Å². The number of aliphatic hydroxyl groups is 1. The molecule has 0 saturated heterocycles. The lowest BCUT2D eigenvalue weighted by Gasteiger charge is -2.34. The molecule has 4 nitrogen and oxygen atoms in total. The van der Waals surface area contributed by atoms with Crippen molar-refractivity contribution in [1.29, 1.82) is 0 Å². The van der Waals surface area contributed by atoms with E-state index in [0.29, 0.717) is 17.3 Å². The molecule has 0 bridgehead atoms. The molecule has 1 aromatic rings. The van der Waals surface area contributed by atoms with E-state index in [1.54, 1.807) is 10.9 Å². The highest BCUT2D eigenvalue weighted by Gasteiger charge is 2.44. The first-order chi connectivity index (χ1) is 9.02. The molecular weight excluding hydrogens is 264 g/mol. The number of aromatic nitrogens is 2. The lowest BCUT2D eigenvalue weighted by atomic mass is 9.91. The summed E-state index contributed by atoms with van der Waals surface area (Å²) in [5, 5.41) is 15.6. The Hall–Kier alpha value is -0.580. The van der Waals surface area contributed by atoms with Crippen LogP contribution in [0.3, 0.4) is 0 Å². The zero-order chi connectivity index (χ0) is 14.0. The van der Waals surface area contributed by atoms with Crippen LogP contribution in [0.4, 0.5) is 0 Å². The monoisotopic (exact) mass is 286 g/mol. The minimum atomic E-state index is -0.715. The van der Waals surface area contributed by atoms with Crippen LogP contribution in [0.5, 0.6) is 0 Å². The second kappa shape index (κ2) is 5.81. The molecule has 1 aromatic heterocycles. The second-order valence-corrected chi connectivity index (χ2v) is 5.93. The minimum absolute atomic E-state index is 0.164. The molecule has 0 amide bonds. The molecule has 5 heteroatoms. The molecule has 1 heterocycles. The standard InChI is InChI=1S/C14H23ClN2O2/c1-4-19-14(7-5-6-8-14)13(18)12-11(15)9-16-17(12)10(2)3/h9-10,13,18H,4-8H2,1-3H3. The molecule has 1 fully saturated rings. The molecule has 0 spiro atoms. The van der Waals surface area contributed by atoms with Gasteiger partial charge in [0.25, 0.3) is 0 Å². The summed E-state index contributed by atoms with van der Waals surface area (Å²) in [5.41, 5.74) is 0.192. The molecule has 19 heavy (non-hydrogen) atoms. The van der Waals surface area contributed by atoms with E-state index in [1.165, 1.54) is 0 Å². The average Bonchev–Trinajstić information content (AvgIpc) is 2.96. The van der Waals surface area contributed by atoms with Crippen LogP contribution in [0.1, 0.15) is 64.3 Å². The van der Waals surface area contributed by atoms with Gasteiger partial charge in [-0.3, -0.25) is 4.68 Å². The van der Waals surface area contributed by atoms with Crippen molar-refractivity contribution >= 4 is 11.6 Å². The second-order valence-electron chi connectivity index (χ2n) is 5.52. The van der Waals surface area contributed by atoms with Gasteiger partial charge in [0.1, 0.15) is 6.10 Å². The predicted molar refractivity (Wildman–Crippen MR) is 75.4 cm³/mol. The third kappa shape index (κ3) is 2.67. The Balaban J connectivity index is 2.36. The van der Waals surface area contributed by atoms with E-state index in [2.05, 4.69) is 5.10 Å². The smallest absolute Gasteiger partial charge is 0.126 e. The summed E-state index contributed by atoms with van der Waals surface area (Å²) in [7, 11) is 0. The molecule has 1 aliphatic carbocycles. The topological polar surface area (TPSA) is 47.3 Å². The van der Waals surface area contributed by atoms with Crippen molar-refractivity contribution in [2.45, 2.75) is 64.2 Å². The van der Waals surface area contributed by atoms with Crippen molar-refractivity contribution in [3.8, 4) is 0 Å². The number of hydrogen-bond donors (Lipinski definition) is 1. The average molecular weight is 287 g/mol. The van der Waals surface area contributed by atoms with Gasteiger partial charge in [0.15, 0.2) is 0 Å². The third-order valence-electron chi connectivity index (χ3n) is 3.92. The number of rotatable bonds is 5. The Kier molecular flexibility index (Phi) is 4.54.